The van der Waals surface area contributed by atoms with Gasteiger partial charge in [-0.1, -0.05) is 19.9 Å². The number of H-pyrrole nitrogens is 1. The molecule has 1 N–H and O–H groups in total. The summed E-state index contributed by atoms with van der Waals surface area (Å²) in [5.74, 6) is 2.23. The second kappa shape index (κ2) is 4.20. The molecule has 0 aliphatic heterocycles. The van der Waals surface area contributed by atoms with Gasteiger partial charge in [-0.25, -0.2) is 9.50 Å². The number of rotatable bonds is 1. The molecule has 102 valence electrons. The molecule has 2 atom stereocenters. The zero-order valence-corrected chi connectivity index (χ0v) is 11.8. The van der Waals surface area contributed by atoms with Gasteiger partial charge in [-0.3, -0.25) is 0 Å². The Morgan fingerprint density at radius 3 is 3.10 bits per heavy atom. The summed E-state index contributed by atoms with van der Waals surface area (Å²) in [6.07, 6.45) is 6.19. The van der Waals surface area contributed by atoms with E-state index in [-0.39, 0.29) is 0 Å². The zero-order chi connectivity index (χ0) is 13.7. The summed E-state index contributed by atoms with van der Waals surface area (Å²) in [7, 11) is 0. The highest BCUT2D eigenvalue weighted by Gasteiger charge is 2.26. The molecule has 0 aromatic carbocycles. The number of pyridine rings is 1. The minimum absolute atomic E-state index is 0.542. The second-order valence-corrected chi connectivity index (χ2v) is 5.98. The first-order chi connectivity index (χ1) is 9.72. The van der Waals surface area contributed by atoms with Crippen molar-refractivity contribution in [2.75, 3.05) is 0 Å². The fourth-order valence-electron chi connectivity index (χ4n) is 3.38. The highest BCUT2D eigenvalue weighted by molar-refractivity contribution is 5.75. The van der Waals surface area contributed by atoms with Crippen molar-refractivity contribution in [3.8, 4) is 11.4 Å². The summed E-state index contributed by atoms with van der Waals surface area (Å²) in [5, 5.41) is 4.39. The van der Waals surface area contributed by atoms with E-state index in [9.17, 15) is 0 Å². The van der Waals surface area contributed by atoms with Crippen LogP contribution in [0.1, 0.15) is 37.6 Å². The van der Waals surface area contributed by atoms with Crippen LogP contribution in [-0.4, -0.2) is 19.6 Å². The van der Waals surface area contributed by atoms with Crippen LogP contribution >= 0.6 is 0 Å². The van der Waals surface area contributed by atoms with Crippen molar-refractivity contribution in [3.05, 3.63) is 42.0 Å². The highest BCUT2D eigenvalue weighted by Crippen LogP contribution is 2.35. The molecule has 4 heteroatoms. The third-order valence-electron chi connectivity index (χ3n) is 4.27. The van der Waals surface area contributed by atoms with Gasteiger partial charge in [0, 0.05) is 17.8 Å². The highest BCUT2D eigenvalue weighted by atomic mass is 15.2. The van der Waals surface area contributed by atoms with Gasteiger partial charge in [0.05, 0.1) is 23.0 Å². The summed E-state index contributed by atoms with van der Waals surface area (Å²) in [6, 6.07) is 6.10. The maximum Gasteiger partial charge on any atom is 0.141 e. The maximum absolute atomic E-state index is 4.85. The van der Waals surface area contributed by atoms with Gasteiger partial charge in [0.15, 0.2) is 0 Å². The van der Waals surface area contributed by atoms with Gasteiger partial charge >= 0.3 is 0 Å². The second-order valence-electron chi connectivity index (χ2n) is 5.98. The average molecular weight is 266 g/mol. The van der Waals surface area contributed by atoms with Crippen LogP contribution in [0.15, 0.2) is 30.6 Å². The fourth-order valence-corrected chi connectivity index (χ4v) is 3.38. The van der Waals surface area contributed by atoms with Gasteiger partial charge in [-0.05, 0) is 30.9 Å². The minimum Gasteiger partial charge on any atom is -0.341 e. The Bertz CT molecular complexity index is 768. The Balaban J connectivity index is 1.86. The zero-order valence-electron chi connectivity index (χ0n) is 11.8. The summed E-state index contributed by atoms with van der Waals surface area (Å²) in [5.41, 5.74) is 4.73. The van der Waals surface area contributed by atoms with Crippen LogP contribution in [-0.2, 0) is 6.42 Å². The lowest BCUT2D eigenvalue weighted by Crippen LogP contribution is -2.14. The SMILES string of the molecule is CC1Cc2[nH]c(-c3cnn4ccccc34)nc2C(C)C1. The third-order valence-corrected chi connectivity index (χ3v) is 4.27. The molecule has 2 unspecified atom stereocenters. The Hall–Kier alpha value is -2.10. The summed E-state index contributed by atoms with van der Waals surface area (Å²) in [4.78, 5) is 8.37. The lowest BCUT2D eigenvalue weighted by atomic mass is 9.84. The fraction of sp³-hybridized carbons (Fsp3) is 0.375. The number of nitrogens with one attached hydrogen (secondary N) is 1. The van der Waals surface area contributed by atoms with E-state index in [1.807, 2.05) is 29.0 Å². The number of fused-ring (bicyclic) bond motifs is 2. The van der Waals surface area contributed by atoms with E-state index in [0.717, 1.165) is 29.2 Å². The standard InChI is InChI=1S/C16H18N4/c1-10-7-11(2)15-13(8-10)18-16(19-15)12-9-17-20-6-4-3-5-14(12)20/h3-6,9-11H,7-8H2,1-2H3,(H,18,19). The number of nitrogens with zero attached hydrogens (tertiary/aromatic N) is 3. The molecule has 4 rings (SSSR count). The van der Waals surface area contributed by atoms with Crippen molar-refractivity contribution < 1.29 is 0 Å². The molecule has 0 amide bonds. The molecular weight excluding hydrogens is 248 g/mol. The largest absolute Gasteiger partial charge is 0.341 e. The lowest BCUT2D eigenvalue weighted by Gasteiger charge is -2.22. The molecule has 20 heavy (non-hydrogen) atoms. The third kappa shape index (κ3) is 1.68. The molecule has 1 aliphatic carbocycles. The number of imidazole rings is 1. The summed E-state index contributed by atoms with van der Waals surface area (Å²) >= 11 is 0. The molecule has 0 bridgehead atoms. The first kappa shape index (κ1) is 11.7. The van der Waals surface area contributed by atoms with E-state index in [1.54, 1.807) is 0 Å². The number of aromatic amines is 1. The van der Waals surface area contributed by atoms with Crippen LogP contribution in [0, 0.1) is 5.92 Å². The van der Waals surface area contributed by atoms with Crippen LogP contribution in [0.3, 0.4) is 0 Å². The van der Waals surface area contributed by atoms with E-state index >= 15 is 0 Å². The predicted molar refractivity (Wildman–Crippen MR) is 78.7 cm³/mol. The van der Waals surface area contributed by atoms with E-state index in [2.05, 4.69) is 30.0 Å². The van der Waals surface area contributed by atoms with Gasteiger partial charge in [0.2, 0.25) is 0 Å². The minimum atomic E-state index is 0.542. The normalized spacial score (nSPS) is 22.1. The van der Waals surface area contributed by atoms with Crippen LogP contribution in [0.5, 0.6) is 0 Å². The topological polar surface area (TPSA) is 46.0 Å². The molecule has 4 nitrogen and oxygen atoms in total. The summed E-state index contributed by atoms with van der Waals surface area (Å²) < 4.78 is 1.89. The van der Waals surface area contributed by atoms with Gasteiger partial charge in [0.25, 0.3) is 0 Å². The molecule has 0 radical (unpaired) electrons. The van der Waals surface area contributed by atoms with Crippen LogP contribution < -0.4 is 0 Å². The molecule has 0 spiro atoms. The van der Waals surface area contributed by atoms with Crippen molar-refractivity contribution in [2.45, 2.75) is 32.6 Å². The van der Waals surface area contributed by atoms with Gasteiger partial charge in [-0.15, -0.1) is 0 Å². The predicted octanol–water partition coefficient (Wildman–Crippen LogP) is 3.41. The molecule has 3 heterocycles. The Morgan fingerprint density at radius 1 is 1.30 bits per heavy atom. The number of aromatic nitrogens is 4. The summed E-state index contributed by atoms with van der Waals surface area (Å²) in [6.45, 7) is 4.59. The van der Waals surface area contributed by atoms with E-state index in [1.165, 1.54) is 17.8 Å². The smallest absolute Gasteiger partial charge is 0.141 e. The molecule has 0 saturated carbocycles. The molecule has 0 fully saturated rings. The van der Waals surface area contributed by atoms with Crippen LogP contribution in [0.4, 0.5) is 0 Å². The Kier molecular flexibility index (Phi) is 2.46. The average Bonchev–Trinajstić information content (AvgIpc) is 3.01. The molecular formula is C16H18N4. The number of hydrogen-bond donors (Lipinski definition) is 1. The number of hydrogen-bond acceptors (Lipinski definition) is 2. The Morgan fingerprint density at radius 2 is 2.20 bits per heavy atom. The van der Waals surface area contributed by atoms with Crippen molar-refractivity contribution >= 4 is 5.52 Å². The van der Waals surface area contributed by atoms with E-state index in [0.29, 0.717) is 5.92 Å². The maximum atomic E-state index is 4.85. The molecule has 0 saturated heterocycles. The van der Waals surface area contributed by atoms with Crippen molar-refractivity contribution in [3.63, 3.8) is 0 Å². The molecule has 1 aliphatic rings. The monoisotopic (exact) mass is 266 g/mol. The van der Waals surface area contributed by atoms with Crippen LogP contribution in [0.25, 0.3) is 16.9 Å². The molecule has 3 aromatic rings. The molecule has 3 aromatic heterocycles. The van der Waals surface area contributed by atoms with E-state index < -0.39 is 0 Å². The first-order valence-corrected chi connectivity index (χ1v) is 7.24. The first-order valence-electron chi connectivity index (χ1n) is 7.24. The van der Waals surface area contributed by atoms with Gasteiger partial charge < -0.3 is 4.98 Å². The van der Waals surface area contributed by atoms with Crippen molar-refractivity contribution in [1.82, 2.24) is 19.6 Å². The quantitative estimate of drug-likeness (QED) is 0.733. The van der Waals surface area contributed by atoms with Crippen molar-refractivity contribution in [2.24, 2.45) is 5.92 Å². The van der Waals surface area contributed by atoms with E-state index in [4.69, 9.17) is 4.98 Å². The van der Waals surface area contributed by atoms with Crippen molar-refractivity contribution in [1.29, 1.82) is 0 Å². The van der Waals surface area contributed by atoms with Gasteiger partial charge in [-0.2, -0.15) is 5.10 Å². The lowest BCUT2D eigenvalue weighted by molar-refractivity contribution is 0.440. The Labute approximate surface area is 117 Å². The van der Waals surface area contributed by atoms with Gasteiger partial charge in [0.1, 0.15) is 5.82 Å². The van der Waals surface area contributed by atoms with Crippen LogP contribution in [0.2, 0.25) is 0 Å².